The number of ether oxygens (including phenoxy) is 2. The summed E-state index contributed by atoms with van der Waals surface area (Å²) in [4.78, 5) is 51.1. The lowest BCUT2D eigenvalue weighted by Gasteiger charge is -2.39. The van der Waals surface area contributed by atoms with Gasteiger partial charge in [-0.05, 0) is 54.4 Å². The zero-order chi connectivity index (χ0) is 27.2. The minimum absolute atomic E-state index is 0.0657. The van der Waals surface area contributed by atoms with Crippen LogP contribution >= 0.6 is 0 Å². The van der Waals surface area contributed by atoms with Crippen LogP contribution in [0.5, 0.6) is 0 Å². The average Bonchev–Trinajstić information content (AvgIpc) is 3.23. The van der Waals surface area contributed by atoms with Gasteiger partial charge in [0.05, 0.1) is 13.2 Å². The zero-order valence-corrected chi connectivity index (χ0v) is 21.8. The number of carboxylic acids is 1. The summed E-state index contributed by atoms with van der Waals surface area (Å²) >= 11 is 0. The predicted octanol–water partition coefficient (Wildman–Crippen LogP) is 4.39. The maximum atomic E-state index is 13.1. The fourth-order valence-electron chi connectivity index (χ4n) is 5.55. The van der Waals surface area contributed by atoms with Crippen molar-refractivity contribution < 1.29 is 33.8 Å². The van der Waals surface area contributed by atoms with Gasteiger partial charge < -0.3 is 19.5 Å². The van der Waals surface area contributed by atoms with Crippen LogP contribution in [0.25, 0.3) is 11.1 Å². The number of carbonyl (C=O) groups excluding carboxylic acids is 3. The van der Waals surface area contributed by atoms with Crippen LogP contribution in [0, 0.1) is 0 Å². The zero-order valence-electron chi connectivity index (χ0n) is 21.8. The molecule has 1 N–H and O–H groups in total. The van der Waals surface area contributed by atoms with Crippen LogP contribution in [0.2, 0.25) is 0 Å². The standard InChI is InChI=1S/C29H34N2O7/c1-30(18-26(33)34)25(32)12-7-13-27(35)38-20-16-14-19(15-17-20)31(29(36)37-2)28-23-10-5-3-8-21(23)22-9-4-6-11-24(22)28/h3-6,8-11,19-20,28H,7,12-18H2,1-2H3,(H,33,34). The molecule has 2 aromatic carbocycles. The SMILES string of the molecule is COC(=O)N(C1CCC(OC(=O)CCCC(=O)N(C)CC(=O)O)CC1)C1c2ccccc2-c2ccccc21. The maximum Gasteiger partial charge on any atom is 0.410 e. The maximum absolute atomic E-state index is 13.1. The second kappa shape index (κ2) is 12.1. The van der Waals surface area contributed by atoms with Gasteiger partial charge in [0, 0.05) is 25.9 Å². The molecule has 2 amide bonds. The van der Waals surface area contributed by atoms with Crippen molar-refractivity contribution in [3.63, 3.8) is 0 Å². The molecular weight excluding hydrogens is 488 g/mol. The molecule has 0 aliphatic heterocycles. The van der Waals surface area contributed by atoms with Gasteiger partial charge >= 0.3 is 18.0 Å². The van der Waals surface area contributed by atoms with Crippen LogP contribution in [-0.4, -0.2) is 71.7 Å². The average molecular weight is 523 g/mol. The van der Waals surface area contributed by atoms with E-state index < -0.39 is 5.97 Å². The molecule has 9 nitrogen and oxygen atoms in total. The Labute approximate surface area is 222 Å². The molecule has 38 heavy (non-hydrogen) atoms. The largest absolute Gasteiger partial charge is 0.480 e. The first kappa shape index (κ1) is 27.2. The molecule has 0 atom stereocenters. The number of likely N-dealkylation sites (N-methyl/N-ethyl adjacent to an activating group) is 1. The van der Waals surface area contributed by atoms with E-state index in [1.807, 2.05) is 29.2 Å². The van der Waals surface area contributed by atoms with Crippen molar-refractivity contribution in [2.24, 2.45) is 0 Å². The van der Waals surface area contributed by atoms with Gasteiger partial charge in [0.2, 0.25) is 5.91 Å². The molecule has 1 saturated carbocycles. The summed E-state index contributed by atoms with van der Waals surface area (Å²) in [6, 6.07) is 16.0. The Morgan fingerprint density at radius 3 is 2.03 bits per heavy atom. The summed E-state index contributed by atoms with van der Waals surface area (Å²) in [7, 11) is 2.83. The van der Waals surface area contributed by atoms with Crippen molar-refractivity contribution in [3.05, 3.63) is 59.7 Å². The van der Waals surface area contributed by atoms with Gasteiger partial charge in [0.1, 0.15) is 12.6 Å². The topological polar surface area (TPSA) is 113 Å². The minimum Gasteiger partial charge on any atom is -0.480 e. The lowest BCUT2D eigenvalue weighted by atomic mass is 9.89. The summed E-state index contributed by atoms with van der Waals surface area (Å²) < 4.78 is 10.9. The smallest absolute Gasteiger partial charge is 0.410 e. The fraction of sp³-hybridized carbons (Fsp3) is 0.448. The molecule has 0 radical (unpaired) electrons. The fourth-order valence-corrected chi connectivity index (χ4v) is 5.55. The molecule has 0 spiro atoms. The highest BCUT2D eigenvalue weighted by atomic mass is 16.5. The first-order chi connectivity index (χ1) is 18.3. The molecule has 0 saturated heterocycles. The van der Waals surface area contributed by atoms with Gasteiger partial charge in [-0.15, -0.1) is 0 Å². The van der Waals surface area contributed by atoms with Crippen molar-refractivity contribution >= 4 is 23.9 Å². The molecule has 2 aliphatic rings. The van der Waals surface area contributed by atoms with Crippen molar-refractivity contribution in [1.29, 1.82) is 0 Å². The van der Waals surface area contributed by atoms with Gasteiger partial charge in [-0.25, -0.2) is 4.79 Å². The summed E-state index contributed by atoms with van der Waals surface area (Å²) in [5, 5.41) is 8.78. The lowest BCUT2D eigenvalue weighted by Crippen LogP contribution is -2.45. The number of amides is 2. The first-order valence-electron chi connectivity index (χ1n) is 13.0. The van der Waals surface area contributed by atoms with Crippen LogP contribution < -0.4 is 0 Å². The van der Waals surface area contributed by atoms with Crippen molar-refractivity contribution in [2.75, 3.05) is 20.7 Å². The third-order valence-electron chi connectivity index (χ3n) is 7.37. The number of fused-ring (bicyclic) bond motifs is 3. The van der Waals surface area contributed by atoms with Crippen molar-refractivity contribution in [1.82, 2.24) is 9.80 Å². The number of hydrogen-bond acceptors (Lipinski definition) is 6. The predicted molar refractivity (Wildman–Crippen MR) is 139 cm³/mol. The molecule has 2 aromatic rings. The summed E-state index contributed by atoms with van der Waals surface area (Å²) in [6.45, 7) is -0.368. The van der Waals surface area contributed by atoms with Crippen molar-refractivity contribution in [3.8, 4) is 11.1 Å². The van der Waals surface area contributed by atoms with Crippen LogP contribution in [0.15, 0.2) is 48.5 Å². The number of hydrogen-bond donors (Lipinski definition) is 1. The Balaban J connectivity index is 1.35. The number of aliphatic carboxylic acids is 1. The number of esters is 1. The molecule has 0 unspecified atom stereocenters. The van der Waals surface area contributed by atoms with E-state index in [9.17, 15) is 19.2 Å². The van der Waals surface area contributed by atoms with Gasteiger partial charge in [-0.2, -0.15) is 0 Å². The van der Waals surface area contributed by atoms with E-state index in [2.05, 4.69) is 24.3 Å². The second-order valence-corrected chi connectivity index (χ2v) is 9.87. The van der Waals surface area contributed by atoms with E-state index in [1.54, 1.807) is 0 Å². The quantitative estimate of drug-likeness (QED) is 0.486. The number of nitrogens with zero attached hydrogens (tertiary/aromatic N) is 2. The molecule has 0 aromatic heterocycles. The second-order valence-electron chi connectivity index (χ2n) is 9.87. The molecule has 0 heterocycles. The Kier molecular flexibility index (Phi) is 8.66. The van der Waals surface area contributed by atoms with Gasteiger partial charge in [0.25, 0.3) is 0 Å². The van der Waals surface area contributed by atoms with Gasteiger partial charge in [-0.1, -0.05) is 48.5 Å². The van der Waals surface area contributed by atoms with E-state index in [1.165, 1.54) is 14.2 Å². The third kappa shape index (κ3) is 5.98. The van der Waals surface area contributed by atoms with Crippen LogP contribution in [0.3, 0.4) is 0 Å². The summed E-state index contributed by atoms with van der Waals surface area (Å²) in [5.74, 6) is -1.77. The van der Waals surface area contributed by atoms with Crippen molar-refractivity contribution in [2.45, 2.75) is 63.1 Å². The third-order valence-corrected chi connectivity index (χ3v) is 7.37. The number of carbonyl (C=O) groups is 4. The molecule has 2 aliphatic carbocycles. The monoisotopic (exact) mass is 522 g/mol. The van der Waals surface area contributed by atoms with E-state index in [-0.39, 0.29) is 55.5 Å². The number of carboxylic acid groups (broad SMARTS) is 1. The van der Waals surface area contributed by atoms with Gasteiger partial charge in [0.15, 0.2) is 0 Å². The van der Waals surface area contributed by atoms with Gasteiger partial charge in [-0.3, -0.25) is 19.3 Å². The molecular formula is C29H34N2O7. The highest BCUT2D eigenvalue weighted by Crippen LogP contribution is 2.48. The molecule has 202 valence electrons. The Bertz CT molecular complexity index is 1140. The van der Waals surface area contributed by atoms with Crippen LogP contribution in [0.1, 0.15) is 62.1 Å². The highest BCUT2D eigenvalue weighted by molar-refractivity contribution is 5.82. The summed E-state index contributed by atoms with van der Waals surface area (Å²) in [5.41, 5.74) is 4.40. The Morgan fingerprint density at radius 2 is 1.47 bits per heavy atom. The summed E-state index contributed by atoms with van der Waals surface area (Å²) in [6.07, 6.45) is 2.46. The van der Waals surface area contributed by atoms with E-state index >= 15 is 0 Å². The highest BCUT2D eigenvalue weighted by Gasteiger charge is 2.41. The molecule has 4 rings (SSSR count). The first-order valence-corrected chi connectivity index (χ1v) is 13.0. The lowest BCUT2D eigenvalue weighted by molar-refractivity contribution is -0.151. The Morgan fingerprint density at radius 1 is 0.895 bits per heavy atom. The minimum atomic E-state index is -1.08. The molecule has 9 heteroatoms. The number of rotatable bonds is 9. The number of benzene rings is 2. The molecule has 1 fully saturated rings. The van der Waals surface area contributed by atoms with Crippen LogP contribution in [0.4, 0.5) is 4.79 Å². The number of methoxy groups -OCH3 is 1. The Hall–Kier alpha value is -3.88. The van der Waals surface area contributed by atoms with E-state index in [0.29, 0.717) is 32.1 Å². The van der Waals surface area contributed by atoms with E-state index in [0.717, 1.165) is 27.2 Å². The van der Waals surface area contributed by atoms with Crippen LogP contribution in [-0.2, 0) is 23.9 Å². The normalized spacial score (nSPS) is 18.2. The molecule has 0 bridgehead atoms. The van der Waals surface area contributed by atoms with E-state index in [4.69, 9.17) is 14.6 Å².